The summed E-state index contributed by atoms with van der Waals surface area (Å²) in [6, 6.07) is 0. The minimum Gasteiger partial charge on any atom is -0.480 e. The van der Waals surface area contributed by atoms with Crippen LogP contribution in [0.4, 0.5) is 4.39 Å². The molecule has 0 aromatic carbocycles. The van der Waals surface area contributed by atoms with Gasteiger partial charge in [-0.15, -0.1) is 0 Å². The Hall–Kier alpha value is -1.17. The highest BCUT2D eigenvalue weighted by Gasteiger charge is 2.86. The van der Waals surface area contributed by atoms with Gasteiger partial charge < -0.3 is 15.9 Å². The summed E-state index contributed by atoms with van der Waals surface area (Å²) in [5.41, 5.74) is 0.730. The Morgan fingerprint density at radius 1 is 1.25 bits per heavy atom. The zero-order chi connectivity index (χ0) is 12.5. The summed E-state index contributed by atoms with van der Waals surface area (Å²) >= 11 is 0. The molecule has 4 unspecified atom stereocenters. The second-order valence-corrected chi connectivity index (χ2v) is 5.54. The van der Waals surface area contributed by atoms with Gasteiger partial charge in [0.15, 0.2) is 0 Å². The Morgan fingerprint density at radius 3 is 2.06 bits per heavy atom. The first-order chi connectivity index (χ1) is 7.08. The first-order valence-corrected chi connectivity index (χ1v) is 5.03. The van der Waals surface area contributed by atoms with Crippen LogP contribution in [0.1, 0.15) is 20.3 Å². The second-order valence-electron chi connectivity index (χ2n) is 5.54. The number of rotatable bonds is 2. The molecule has 0 aromatic rings. The molecule has 0 heterocycles. The van der Waals surface area contributed by atoms with E-state index in [2.05, 4.69) is 0 Å². The first-order valence-electron chi connectivity index (χ1n) is 5.03. The lowest BCUT2D eigenvalue weighted by molar-refractivity contribution is -0.151. The van der Waals surface area contributed by atoms with Gasteiger partial charge >= 0.3 is 11.9 Å². The predicted octanol–water partition coefficient (Wildman–Crippen LogP) is 0.237. The third-order valence-electron chi connectivity index (χ3n) is 4.00. The number of alkyl halides is 1. The van der Waals surface area contributed by atoms with Crippen LogP contribution in [-0.4, -0.2) is 33.4 Å². The van der Waals surface area contributed by atoms with Crippen molar-refractivity contribution in [1.82, 2.24) is 0 Å². The van der Waals surface area contributed by atoms with E-state index in [1.807, 2.05) is 0 Å². The molecule has 2 saturated carbocycles. The fourth-order valence-electron chi connectivity index (χ4n) is 3.50. The van der Waals surface area contributed by atoms with Crippen LogP contribution >= 0.6 is 0 Å². The summed E-state index contributed by atoms with van der Waals surface area (Å²) < 4.78 is 14.1. The van der Waals surface area contributed by atoms with E-state index in [0.29, 0.717) is 0 Å². The summed E-state index contributed by atoms with van der Waals surface area (Å²) in [5, 5.41) is 17.9. The average molecular weight is 231 g/mol. The number of hydrogen-bond donors (Lipinski definition) is 3. The van der Waals surface area contributed by atoms with Gasteiger partial charge in [0.1, 0.15) is 5.54 Å². The van der Waals surface area contributed by atoms with Crippen molar-refractivity contribution in [2.75, 3.05) is 0 Å². The molecule has 6 heteroatoms. The van der Waals surface area contributed by atoms with Gasteiger partial charge in [-0.05, 0) is 11.8 Å². The molecule has 0 spiro atoms. The molecule has 2 aliphatic rings. The average Bonchev–Trinajstić information content (AvgIpc) is 2.66. The zero-order valence-electron chi connectivity index (χ0n) is 9.03. The lowest BCUT2D eigenvalue weighted by Gasteiger charge is -2.30. The maximum atomic E-state index is 14.1. The van der Waals surface area contributed by atoms with Crippen LogP contribution < -0.4 is 5.73 Å². The van der Waals surface area contributed by atoms with Crippen LogP contribution in [0.25, 0.3) is 0 Å². The molecule has 16 heavy (non-hydrogen) atoms. The van der Waals surface area contributed by atoms with Gasteiger partial charge in [-0.1, -0.05) is 13.8 Å². The molecule has 4 atom stereocenters. The molecule has 2 rings (SSSR count). The fraction of sp³-hybridized carbons (Fsp3) is 0.800. The third kappa shape index (κ3) is 0.979. The van der Waals surface area contributed by atoms with Crippen molar-refractivity contribution in [2.45, 2.75) is 31.5 Å². The number of carboxylic acid groups (broad SMARTS) is 2. The Labute approximate surface area is 91.4 Å². The van der Waals surface area contributed by atoms with Crippen LogP contribution in [0.5, 0.6) is 0 Å². The molecular formula is C10H14FNO4. The van der Waals surface area contributed by atoms with Gasteiger partial charge in [-0.3, -0.25) is 4.79 Å². The van der Waals surface area contributed by atoms with Crippen molar-refractivity contribution in [3.8, 4) is 0 Å². The van der Waals surface area contributed by atoms with E-state index in [9.17, 15) is 14.0 Å². The number of aliphatic carboxylic acids is 2. The van der Waals surface area contributed by atoms with Crippen LogP contribution in [0, 0.1) is 17.3 Å². The molecule has 0 bridgehead atoms. The number of carboxylic acids is 2. The summed E-state index contributed by atoms with van der Waals surface area (Å²) in [5.74, 6) is -4.86. The van der Waals surface area contributed by atoms with Gasteiger partial charge in [-0.25, -0.2) is 9.18 Å². The van der Waals surface area contributed by atoms with E-state index in [4.69, 9.17) is 15.9 Å². The second kappa shape index (κ2) is 2.56. The summed E-state index contributed by atoms with van der Waals surface area (Å²) in [6.45, 7) is 3.32. The van der Waals surface area contributed by atoms with Crippen molar-refractivity contribution in [2.24, 2.45) is 23.0 Å². The van der Waals surface area contributed by atoms with Crippen molar-refractivity contribution in [3.05, 3.63) is 0 Å². The highest BCUT2D eigenvalue weighted by Crippen LogP contribution is 2.73. The first kappa shape index (κ1) is 11.3. The molecule has 0 radical (unpaired) electrons. The third-order valence-corrected chi connectivity index (χ3v) is 4.00. The zero-order valence-corrected chi connectivity index (χ0v) is 9.03. The van der Waals surface area contributed by atoms with Crippen LogP contribution in [-0.2, 0) is 9.59 Å². The molecule has 5 nitrogen and oxygen atoms in total. The number of halogens is 1. The molecule has 4 N–H and O–H groups in total. The minimum absolute atomic E-state index is 0.101. The fourth-order valence-corrected chi connectivity index (χ4v) is 3.50. The number of hydrogen-bond acceptors (Lipinski definition) is 3. The monoisotopic (exact) mass is 231 g/mol. The Bertz CT molecular complexity index is 396. The van der Waals surface area contributed by atoms with E-state index in [-0.39, 0.29) is 6.42 Å². The molecule has 0 aliphatic heterocycles. The van der Waals surface area contributed by atoms with Crippen LogP contribution in [0.2, 0.25) is 0 Å². The minimum atomic E-state index is -2.48. The molecule has 2 fully saturated rings. The van der Waals surface area contributed by atoms with E-state index in [1.165, 1.54) is 0 Å². The predicted molar refractivity (Wildman–Crippen MR) is 51.4 cm³/mol. The molecule has 0 aromatic heterocycles. The molecule has 2 aliphatic carbocycles. The van der Waals surface area contributed by atoms with Crippen LogP contribution in [0.15, 0.2) is 0 Å². The summed E-state index contributed by atoms with van der Waals surface area (Å²) in [4.78, 5) is 21.9. The molecule has 90 valence electrons. The number of nitrogens with two attached hydrogens (primary N) is 1. The summed E-state index contributed by atoms with van der Waals surface area (Å²) in [6.07, 6.45) is 0.101. The van der Waals surface area contributed by atoms with Crippen molar-refractivity contribution in [1.29, 1.82) is 0 Å². The quantitative estimate of drug-likeness (QED) is 0.632. The van der Waals surface area contributed by atoms with Crippen molar-refractivity contribution < 1.29 is 24.2 Å². The van der Waals surface area contributed by atoms with Gasteiger partial charge in [0.25, 0.3) is 0 Å². The standard InChI is InChI=1S/C10H14FNO4/c1-8(2)3-9(12,6(13)14)5-4(8)10(5,11)7(15)16/h4-5H,3,12H2,1-2H3,(H,13,14)(H,15,16). The summed E-state index contributed by atoms with van der Waals surface area (Å²) in [7, 11) is 0. The Kier molecular flexibility index (Phi) is 1.81. The van der Waals surface area contributed by atoms with Gasteiger partial charge in [0.2, 0.25) is 5.67 Å². The number of fused-ring (bicyclic) bond motifs is 1. The maximum Gasteiger partial charge on any atom is 0.342 e. The van der Waals surface area contributed by atoms with Gasteiger partial charge in [0.05, 0.1) is 0 Å². The smallest absolute Gasteiger partial charge is 0.342 e. The lowest BCUT2D eigenvalue weighted by Crippen LogP contribution is -2.53. The van der Waals surface area contributed by atoms with E-state index >= 15 is 0 Å². The normalized spacial score (nSPS) is 48.5. The van der Waals surface area contributed by atoms with E-state index in [0.717, 1.165) is 0 Å². The Balaban J connectivity index is 2.46. The topological polar surface area (TPSA) is 101 Å². The van der Waals surface area contributed by atoms with Crippen LogP contribution in [0.3, 0.4) is 0 Å². The van der Waals surface area contributed by atoms with Crippen molar-refractivity contribution >= 4 is 11.9 Å². The highest BCUT2D eigenvalue weighted by atomic mass is 19.1. The van der Waals surface area contributed by atoms with E-state index < -0.39 is 40.4 Å². The largest absolute Gasteiger partial charge is 0.480 e. The molecular weight excluding hydrogens is 217 g/mol. The van der Waals surface area contributed by atoms with Gasteiger partial charge in [-0.2, -0.15) is 0 Å². The van der Waals surface area contributed by atoms with Crippen molar-refractivity contribution in [3.63, 3.8) is 0 Å². The molecule has 0 amide bonds. The highest BCUT2D eigenvalue weighted by molar-refractivity contribution is 5.90. The van der Waals surface area contributed by atoms with Gasteiger partial charge in [0, 0.05) is 11.8 Å². The molecule has 0 saturated heterocycles. The Morgan fingerprint density at radius 2 is 1.75 bits per heavy atom. The maximum absolute atomic E-state index is 14.1. The van der Waals surface area contributed by atoms with E-state index in [1.54, 1.807) is 13.8 Å². The SMILES string of the molecule is CC1(C)CC(N)(C(=O)O)C2C1C2(F)C(=O)O. The number of carbonyl (C=O) groups is 2. The lowest BCUT2D eigenvalue weighted by atomic mass is 9.78.